The number of hydrogen-bond acceptors (Lipinski definition) is 2. The summed E-state index contributed by atoms with van der Waals surface area (Å²) < 4.78 is 5.48. The van der Waals surface area contributed by atoms with Crippen LogP contribution in [0.15, 0.2) is 0 Å². The summed E-state index contributed by atoms with van der Waals surface area (Å²) >= 11 is 0. The molecule has 0 rings (SSSR count). The lowest BCUT2D eigenvalue weighted by Crippen LogP contribution is -2.45. The van der Waals surface area contributed by atoms with Crippen LogP contribution in [0.2, 0.25) is 0 Å². The Balaban J connectivity index is 4.30. The molecule has 0 bridgehead atoms. The van der Waals surface area contributed by atoms with Crippen LogP contribution in [0.5, 0.6) is 0 Å². The van der Waals surface area contributed by atoms with Crippen molar-refractivity contribution in [1.82, 2.24) is 4.90 Å². The molecule has 0 aliphatic heterocycles. The normalized spacial score (nSPS) is 14.8. The van der Waals surface area contributed by atoms with Crippen LogP contribution < -0.4 is 0 Å². The lowest BCUT2D eigenvalue weighted by molar-refractivity contribution is -0.143. The molecule has 0 aromatic rings. The van der Waals surface area contributed by atoms with Gasteiger partial charge < -0.3 is 9.64 Å². The third kappa shape index (κ3) is 5.50. The minimum atomic E-state index is -0.262. The molecule has 3 heteroatoms. The monoisotopic (exact) mass is 229 g/mol. The lowest BCUT2D eigenvalue weighted by Gasteiger charge is -2.35. The van der Waals surface area contributed by atoms with Crippen LogP contribution >= 0.6 is 0 Å². The molecular weight excluding hydrogens is 202 g/mol. The molecular formula is C13H27NO2. The third-order valence-electron chi connectivity index (χ3n) is 2.86. The van der Waals surface area contributed by atoms with Crippen molar-refractivity contribution < 1.29 is 9.53 Å². The van der Waals surface area contributed by atoms with E-state index in [0.717, 1.165) is 0 Å². The van der Waals surface area contributed by atoms with Crippen molar-refractivity contribution in [2.45, 2.75) is 60.1 Å². The molecule has 0 aromatic carbocycles. The topological polar surface area (TPSA) is 29.5 Å². The summed E-state index contributed by atoms with van der Waals surface area (Å²) in [6.45, 7) is 14.5. The van der Waals surface area contributed by atoms with Gasteiger partial charge in [-0.25, -0.2) is 0 Å². The second-order valence-corrected chi connectivity index (χ2v) is 6.45. The number of nitrogens with zero attached hydrogens (tertiary/aromatic N) is 1. The molecule has 1 unspecified atom stereocenters. The Morgan fingerprint density at radius 1 is 1.19 bits per heavy atom. The first-order chi connectivity index (χ1) is 6.95. The molecule has 0 heterocycles. The van der Waals surface area contributed by atoms with E-state index in [9.17, 15) is 4.79 Å². The first-order valence-electron chi connectivity index (χ1n) is 5.85. The zero-order valence-corrected chi connectivity index (χ0v) is 12.0. The fourth-order valence-electron chi connectivity index (χ4n) is 1.18. The van der Waals surface area contributed by atoms with Crippen molar-refractivity contribution in [2.24, 2.45) is 5.41 Å². The van der Waals surface area contributed by atoms with Crippen LogP contribution in [0.1, 0.15) is 48.5 Å². The van der Waals surface area contributed by atoms with Crippen LogP contribution in [-0.2, 0) is 9.53 Å². The first kappa shape index (κ1) is 15.4. The van der Waals surface area contributed by atoms with Crippen molar-refractivity contribution in [3.63, 3.8) is 0 Å². The summed E-state index contributed by atoms with van der Waals surface area (Å²) in [5.74, 6) is 0.0392. The maximum Gasteiger partial charge on any atom is 0.248 e. The summed E-state index contributed by atoms with van der Waals surface area (Å²) in [6, 6.07) is 0.198. The summed E-state index contributed by atoms with van der Waals surface area (Å²) in [5.41, 5.74) is -0.173. The van der Waals surface area contributed by atoms with E-state index in [4.69, 9.17) is 4.74 Å². The summed E-state index contributed by atoms with van der Waals surface area (Å²) in [5, 5.41) is 0. The maximum atomic E-state index is 11.9. The minimum Gasteiger partial charge on any atom is -0.366 e. The second kappa shape index (κ2) is 5.17. The summed E-state index contributed by atoms with van der Waals surface area (Å²) in [6.07, 6.45) is 0. The van der Waals surface area contributed by atoms with Crippen molar-refractivity contribution in [3.8, 4) is 0 Å². The van der Waals surface area contributed by atoms with E-state index in [1.54, 1.807) is 4.90 Å². The summed E-state index contributed by atoms with van der Waals surface area (Å²) in [4.78, 5) is 13.6. The molecule has 0 N–H and O–H groups in total. The van der Waals surface area contributed by atoms with Gasteiger partial charge in [0.1, 0.15) is 6.61 Å². The molecule has 1 amide bonds. The van der Waals surface area contributed by atoms with Crippen LogP contribution in [0, 0.1) is 5.41 Å². The Labute approximate surface area is 100 Å². The Hall–Kier alpha value is -0.570. The van der Waals surface area contributed by atoms with Crippen LogP contribution in [0.3, 0.4) is 0 Å². The van der Waals surface area contributed by atoms with Gasteiger partial charge in [-0.1, -0.05) is 20.8 Å². The number of amides is 1. The van der Waals surface area contributed by atoms with Crippen LogP contribution in [-0.4, -0.2) is 36.1 Å². The second-order valence-electron chi connectivity index (χ2n) is 6.45. The fourth-order valence-corrected chi connectivity index (χ4v) is 1.18. The average Bonchev–Trinajstić information content (AvgIpc) is 2.09. The molecule has 0 aromatic heterocycles. The third-order valence-corrected chi connectivity index (χ3v) is 2.86. The van der Waals surface area contributed by atoms with Crippen molar-refractivity contribution >= 4 is 5.91 Å². The van der Waals surface area contributed by atoms with E-state index in [2.05, 4.69) is 27.7 Å². The molecule has 0 radical (unpaired) electrons. The van der Waals surface area contributed by atoms with Crippen molar-refractivity contribution in [1.29, 1.82) is 0 Å². The molecule has 16 heavy (non-hydrogen) atoms. The standard InChI is InChI=1S/C13H27NO2/c1-10(12(2,3)4)14(8)11(15)9-16-13(5,6)7/h10H,9H2,1-8H3. The Morgan fingerprint density at radius 3 is 1.94 bits per heavy atom. The molecule has 3 nitrogen and oxygen atoms in total. The van der Waals surface area contributed by atoms with E-state index >= 15 is 0 Å². The smallest absolute Gasteiger partial charge is 0.248 e. The number of carbonyl (C=O) groups is 1. The van der Waals surface area contributed by atoms with Gasteiger partial charge >= 0.3 is 0 Å². The predicted octanol–water partition coefficient (Wildman–Crippen LogP) is 2.69. The number of rotatable bonds is 3. The number of hydrogen-bond donors (Lipinski definition) is 0. The molecule has 1 atom stereocenters. The zero-order chi connectivity index (χ0) is 13.1. The van der Waals surface area contributed by atoms with Gasteiger partial charge in [0.15, 0.2) is 0 Å². The molecule has 0 saturated carbocycles. The Kier molecular flexibility index (Phi) is 4.99. The van der Waals surface area contributed by atoms with Gasteiger partial charge in [-0.05, 0) is 33.1 Å². The minimum absolute atomic E-state index is 0.0392. The van der Waals surface area contributed by atoms with Gasteiger partial charge in [0, 0.05) is 13.1 Å². The molecule has 0 aliphatic rings. The summed E-state index contributed by atoms with van der Waals surface area (Å²) in [7, 11) is 1.84. The van der Waals surface area contributed by atoms with Crippen molar-refractivity contribution in [3.05, 3.63) is 0 Å². The van der Waals surface area contributed by atoms with E-state index in [0.29, 0.717) is 0 Å². The van der Waals surface area contributed by atoms with Gasteiger partial charge in [0.05, 0.1) is 5.60 Å². The van der Waals surface area contributed by atoms with E-state index in [1.807, 2.05) is 27.8 Å². The Bertz CT molecular complexity index is 235. The molecule has 0 spiro atoms. The molecule has 0 fully saturated rings. The molecule has 96 valence electrons. The van der Waals surface area contributed by atoms with Crippen molar-refractivity contribution in [2.75, 3.05) is 13.7 Å². The number of ether oxygens (including phenoxy) is 1. The van der Waals surface area contributed by atoms with Crippen LogP contribution in [0.25, 0.3) is 0 Å². The highest BCUT2D eigenvalue weighted by atomic mass is 16.5. The average molecular weight is 229 g/mol. The number of likely N-dealkylation sites (N-methyl/N-ethyl adjacent to an activating group) is 1. The first-order valence-corrected chi connectivity index (χ1v) is 5.85. The highest BCUT2D eigenvalue weighted by Crippen LogP contribution is 2.23. The largest absolute Gasteiger partial charge is 0.366 e. The predicted molar refractivity (Wildman–Crippen MR) is 67.4 cm³/mol. The van der Waals surface area contributed by atoms with Crippen LogP contribution in [0.4, 0.5) is 0 Å². The number of carbonyl (C=O) groups excluding carboxylic acids is 1. The highest BCUT2D eigenvalue weighted by molar-refractivity contribution is 5.77. The van der Waals surface area contributed by atoms with Gasteiger partial charge in [0.25, 0.3) is 0 Å². The molecule has 0 aliphatic carbocycles. The highest BCUT2D eigenvalue weighted by Gasteiger charge is 2.27. The van der Waals surface area contributed by atoms with Gasteiger partial charge in [-0.3, -0.25) is 4.79 Å². The SMILES string of the molecule is CC(N(C)C(=O)COC(C)(C)C)C(C)(C)C. The fraction of sp³-hybridized carbons (Fsp3) is 0.923. The maximum absolute atomic E-state index is 11.9. The lowest BCUT2D eigenvalue weighted by atomic mass is 9.87. The van der Waals surface area contributed by atoms with E-state index < -0.39 is 0 Å². The van der Waals surface area contributed by atoms with E-state index in [1.165, 1.54) is 0 Å². The Morgan fingerprint density at radius 2 is 1.62 bits per heavy atom. The quantitative estimate of drug-likeness (QED) is 0.744. The van der Waals surface area contributed by atoms with E-state index in [-0.39, 0.29) is 29.6 Å². The van der Waals surface area contributed by atoms with Gasteiger partial charge in [-0.15, -0.1) is 0 Å². The zero-order valence-electron chi connectivity index (χ0n) is 12.0. The van der Waals surface area contributed by atoms with Gasteiger partial charge in [-0.2, -0.15) is 0 Å². The molecule has 0 saturated heterocycles. The van der Waals surface area contributed by atoms with Gasteiger partial charge in [0.2, 0.25) is 5.91 Å².